The van der Waals surface area contributed by atoms with Crippen molar-refractivity contribution in [1.29, 1.82) is 0 Å². The maximum absolute atomic E-state index is 12.4. The number of nitrogens with zero attached hydrogens (tertiary/aromatic N) is 1. The number of hydrogen-bond donors (Lipinski definition) is 2. The monoisotopic (exact) mass is 305 g/mol. The van der Waals surface area contributed by atoms with Gasteiger partial charge in [0, 0.05) is 35.8 Å². The molecule has 0 bridgehead atoms. The van der Waals surface area contributed by atoms with E-state index in [1.807, 2.05) is 18.2 Å². The minimum absolute atomic E-state index is 0.477. The summed E-state index contributed by atoms with van der Waals surface area (Å²) in [4.78, 5) is 4.05. The van der Waals surface area contributed by atoms with Crippen LogP contribution in [0.1, 0.15) is 19.8 Å². The first kappa shape index (κ1) is 14.3. The summed E-state index contributed by atoms with van der Waals surface area (Å²) in [7, 11) is -3.41. The normalized spacial score (nSPS) is 16.8. The number of rotatable bonds is 6. The molecule has 1 fully saturated rings. The highest BCUT2D eigenvalue weighted by Crippen LogP contribution is 2.24. The Labute approximate surface area is 124 Å². The Balaban J connectivity index is 1.79. The van der Waals surface area contributed by atoms with Crippen molar-refractivity contribution < 1.29 is 8.42 Å². The number of aromatic nitrogens is 1. The van der Waals surface area contributed by atoms with E-state index in [1.54, 1.807) is 25.4 Å². The summed E-state index contributed by atoms with van der Waals surface area (Å²) >= 11 is 0. The third kappa shape index (κ3) is 3.33. The summed E-state index contributed by atoms with van der Waals surface area (Å²) < 4.78 is 27.5. The molecule has 1 aromatic heterocycles. The summed E-state index contributed by atoms with van der Waals surface area (Å²) in [5.41, 5.74) is 0.605. The van der Waals surface area contributed by atoms with E-state index in [0.717, 1.165) is 23.6 Å². The van der Waals surface area contributed by atoms with Gasteiger partial charge in [-0.25, -0.2) is 8.42 Å². The first-order chi connectivity index (χ1) is 10.1. The Morgan fingerprint density at radius 2 is 2.14 bits per heavy atom. The van der Waals surface area contributed by atoms with Gasteiger partial charge in [0.15, 0.2) is 0 Å². The van der Waals surface area contributed by atoms with Gasteiger partial charge < -0.3 is 5.32 Å². The van der Waals surface area contributed by atoms with Crippen LogP contribution in [0.4, 0.5) is 5.69 Å². The molecule has 1 aromatic carbocycles. The molecule has 112 valence electrons. The third-order valence-corrected chi connectivity index (χ3v) is 5.46. The second kappa shape index (κ2) is 5.61. The maximum atomic E-state index is 12.4. The van der Waals surface area contributed by atoms with Crippen LogP contribution in [0, 0.1) is 0 Å². The highest BCUT2D eigenvalue weighted by molar-refractivity contribution is 7.93. The van der Waals surface area contributed by atoms with E-state index in [1.165, 1.54) is 0 Å². The molecule has 3 rings (SSSR count). The van der Waals surface area contributed by atoms with Gasteiger partial charge in [-0.3, -0.25) is 9.71 Å². The largest absolute Gasteiger partial charge is 0.313 e. The lowest BCUT2D eigenvalue weighted by molar-refractivity contribution is 0.576. The molecule has 0 spiro atoms. The SMILES string of the molecule is CC(CNC1CC1)S(=O)(=O)Nc1cccc2cnccc12. The van der Waals surface area contributed by atoms with E-state index < -0.39 is 15.3 Å². The number of hydrogen-bond acceptors (Lipinski definition) is 4. The minimum Gasteiger partial charge on any atom is -0.313 e. The van der Waals surface area contributed by atoms with E-state index in [-0.39, 0.29) is 0 Å². The predicted molar refractivity (Wildman–Crippen MR) is 84.8 cm³/mol. The standard InChI is InChI=1S/C15H19N3O2S/c1-11(9-17-13-5-6-13)21(19,20)18-15-4-2-3-12-10-16-8-7-14(12)15/h2-4,7-8,10-11,13,17-18H,5-6,9H2,1H3. The molecule has 0 radical (unpaired) electrons. The Morgan fingerprint density at radius 3 is 2.90 bits per heavy atom. The van der Waals surface area contributed by atoms with Crippen LogP contribution in [0.25, 0.3) is 10.8 Å². The average Bonchev–Trinajstić information content (AvgIpc) is 3.29. The summed E-state index contributed by atoms with van der Waals surface area (Å²) in [6.45, 7) is 2.21. The van der Waals surface area contributed by atoms with Gasteiger partial charge in [-0.2, -0.15) is 0 Å². The number of anilines is 1. The molecule has 1 unspecified atom stereocenters. The number of sulfonamides is 1. The van der Waals surface area contributed by atoms with Crippen LogP contribution in [-0.2, 0) is 10.0 Å². The van der Waals surface area contributed by atoms with Crippen LogP contribution in [-0.4, -0.2) is 31.2 Å². The molecule has 1 aliphatic rings. The van der Waals surface area contributed by atoms with Crippen molar-refractivity contribution in [2.24, 2.45) is 0 Å². The second-order valence-corrected chi connectivity index (χ2v) is 7.64. The highest BCUT2D eigenvalue weighted by Gasteiger charge is 2.26. The van der Waals surface area contributed by atoms with Crippen LogP contribution in [0.2, 0.25) is 0 Å². The molecule has 1 atom stereocenters. The van der Waals surface area contributed by atoms with Crippen LogP contribution in [0.15, 0.2) is 36.7 Å². The molecule has 2 aromatic rings. The molecule has 6 heteroatoms. The minimum atomic E-state index is -3.41. The van der Waals surface area contributed by atoms with Gasteiger partial charge in [0.1, 0.15) is 0 Å². The first-order valence-electron chi connectivity index (χ1n) is 7.14. The summed E-state index contributed by atoms with van der Waals surface area (Å²) in [5, 5.41) is 4.56. The fraction of sp³-hybridized carbons (Fsp3) is 0.400. The van der Waals surface area contributed by atoms with Crippen molar-refractivity contribution in [3.8, 4) is 0 Å². The molecule has 1 saturated carbocycles. The molecular weight excluding hydrogens is 286 g/mol. The highest BCUT2D eigenvalue weighted by atomic mass is 32.2. The van der Waals surface area contributed by atoms with Crippen molar-refractivity contribution >= 4 is 26.5 Å². The van der Waals surface area contributed by atoms with Gasteiger partial charge in [-0.15, -0.1) is 0 Å². The van der Waals surface area contributed by atoms with Gasteiger partial charge in [-0.05, 0) is 31.9 Å². The van der Waals surface area contributed by atoms with Crippen LogP contribution < -0.4 is 10.0 Å². The second-order valence-electron chi connectivity index (χ2n) is 5.54. The Morgan fingerprint density at radius 1 is 1.33 bits per heavy atom. The molecule has 5 nitrogen and oxygen atoms in total. The summed E-state index contributed by atoms with van der Waals surface area (Å²) in [6.07, 6.45) is 5.69. The molecule has 0 amide bonds. The molecule has 2 N–H and O–H groups in total. The van der Waals surface area contributed by atoms with Gasteiger partial charge in [0.2, 0.25) is 10.0 Å². The predicted octanol–water partition coefficient (Wildman–Crippen LogP) is 2.12. The molecule has 0 saturated heterocycles. The lowest BCUT2D eigenvalue weighted by Crippen LogP contribution is -2.35. The maximum Gasteiger partial charge on any atom is 0.236 e. The van der Waals surface area contributed by atoms with E-state index in [2.05, 4.69) is 15.0 Å². The molecule has 0 aliphatic heterocycles. The number of nitrogens with one attached hydrogen (secondary N) is 2. The lowest BCUT2D eigenvalue weighted by Gasteiger charge is -2.16. The molecule has 21 heavy (non-hydrogen) atoms. The fourth-order valence-electron chi connectivity index (χ4n) is 2.20. The Bertz CT molecular complexity index is 736. The van der Waals surface area contributed by atoms with Crippen LogP contribution in [0.5, 0.6) is 0 Å². The van der Waals surface area contributed by atoms with Crippen molar-refractivity contribution in [3.05, 3.63) is 36.7 Å². The van der Waals surface area contributed by atoms with Crippen LogP contribution >= 0.6 is 0 Å². The topological polar surface area (TPSA) is 71.1 Å². The van der Waals surface area contributed by atoms with E-state index in [9.17, 15) is 8.42 Å². The van der Waals surface area contributed by atoms with Crippen LogP contribution in [0.3, 0.4) is 0 Å². The number of benzene rings is 1. The first-order valence-corrected chi connectivity index (χ1v) is 8.68. The van der Waals surface area contributed by atoms with Crippen molar-refractivity contribution in [2.75, 3.05) is 11.3 Å². The van der Waals surface area contributed by atoms with E-state index in [0.29, 0.717) is 18.3 Å². The zero-order valence-corrected chi connectivity index (χ0v) is 12.7. The summed E-state index contributed by atoms with van der Waals surface area (Å²) in [5.74, 6) is 0. The molecule has 1 aliphatic carbocycles. The van der Waals surface area contributed by atoms with Crippen molar-refractivity contribution in [3.63, 3.8) is 0 Å². The summed E-state index contributed by atoms with van der Waals surface area (Å²) in [6, 6.07) is 7.85. The smallest absolute Gasteiger partial charge is 0.236 e. The van der Waals surface area contributed by atoms with E-state index in [4.69, 9.17) is 0 Å². The number of pyridine rings is 1. The number of fused-ring (bicyclic) bond motifs is 1. The third-order valence-electron chi connectivity index (χ3n) is 3.73. The zero-order valence-electron chi connectivity index (χ0n) is 11.9. The van der Waals surface area contributed by atoms with Crippen molar-refractivity contribution in [1.82, 2.24) is 10.3 Å². The average molecular weight is 305 g/mol. The van der Waals surface area contributed by atoms with E-state index >= 15 is 0 Å². The Hall–Kier alpha value is -1.66. The molecule has 1 heterocycles. The van der Waals surface area contributed by atoms with Gasteiger partial charge in [-0.1, -0.05) is 12.1 Å². The van der Waals surface area contributed by atoms with Gasteiger partial charge in [0.25, 0.3) is 0 Å². The zero-order chi connectivity index (χ0) is 14.9. The van der Waals surface area contributed by atoms with Gasteiger partial charge >= 0.3 is 0 Å². The Kier molecular flexibility index (Phi) is 3.82. The molecular formula is C15H19N3O2S. The quantitative estimate of drug-likeness (QED) is 0.857. The lowest BCUT2D eigenvalue weighted by atomic mass is 10.1. The fourth-order valence-corrected chi connectivity index (χ4v) is 3.20. The van der Waals surface area contributed by atoms with Gasteiger partial charge in [0.05, 0.1) is 10.9 Å². The van der Waals surface area contributed by atoms with Crippen molar-refractivity contribution in [2.45, 2.75) is 31.1 Å².